The zero-order chi connectivity index (χ0) is 17.4. The molecule has 1 saturated heterocycles. The lowest BCUT2D eigenvalue weighted by Crippen LogP contribution is -3.13. The van der Waals surface area contributed by atoms with Crippen molar-refractivity contribution in [2.45, 2.75) is 10.8 Å². The molecule has 0 unspecified atom stereocenters. The van der Waals surface area contributed by atoms with Crippen LogP contribution in [0.25, 0.3) is 0 Å². The minimum atomic E-state index is -3.38. The molecule has 2 N–H and O–H groups in total. The standard InChI is InChI=1S/C16H18N2O5S2/c19-13-9-15-14(22-11-23-15)8-12(13)10-17-3-5-18(6-4-17)25(20,21)16-2-1-7-24-16/h1-2,7-9,19H,3-6,10-11H2/p+1. The van der Waals surface area contributed by atoms with Crippen molar-refractivity contribution in [2.75, 3.05) is 33.0 Å². The Labute approximate surface area is 150 Å². The van der Waals surface area contributed by atoms with E-state index in [0.29, 0.717) is 48.4 Å². The van der Waals surface area contributed by atoms with E-state index in [1.165, 1.54) is 16.2 Å². The summed E-state index contributed by atoms with van der Waals surface area (Å²) in [6, 6.07) is 6.78. The van der Waals surface area contributed by atoms with E-state index in [-0.39, 0.29) is 12.5 Å². The third-order valence-electron chi connectivity index (χ3n) is 4.53. The van der Waals surface area contributed by atoms with Crippen LogP contribution in [0, 0.1) is 0 Å². The highest BCUT2D eigenvalue weighted by molar-refractivity contribution is 7.91. The molecule has 9 heteroatoms. The van der Waals surface area contributed by atoms with Gasteiger partial charge in [0.2, 0.25) is 6.79 Å². The van der Waals surface area contributed by atoms with Gasteiger partial charge in [0, 0.05) is 6.07 Å². The van der Waals surface area contributed by atoms with Crippen LogP contribution >= 0.6 is 11.3 Å². The normalized spacial score (nSPS) is 18.6. The summed E-state index contributed by atoms with van der Waals surface area (Å²) in [7, 11) is -3.38. The van der Waals surface area contributed by atoms with E-state index in [9.17, 15) is 13.5 Å². The zero-order valence-electron chi connectivity index (χ0n) is 13.5. The van der Waals surface area contributed by atoms with Gasteiger partial charge in [-0.2, -0.15) is 4.31 Å². The average molecular weight is 383 g/mol. The van der Waals surface area contributed by atoms with E-state index in [0.717, 1.165) is 5.56 Å². The quantitative estimate of drug-likeness (QED) is 0.792. The number of ether oxygens (including phenoxy) is 2. The Morgan fingerprint density at radius 3 is 2.60 bits per heavy atom. The topological polar surface area (TPSA) is 80.5 Å². The van der Waals surface area contributed by atoms with Gasteiger partial charge in [0.05, 0.1) is 31.7 Å². The Morgan fingerprint density at radius 1 is 1.20 bits per heavy atom. The van der Waals surface area contributed by atoms with Crippen LogP contribution < -0.4 is 14.4 Å². The van der Waals surface area contributed by atoms with Crippen molar-refractivity contribution < 1.29 is 27.9 Å². The number of benzene rings is 1. The number of aromatic hydroxyl groups is 1. The summed E-state index contributed by atoms with van der Waals surface area (Å²) in [6.45, 7) is 3.12. The number of nitrogens with zero attached hydrogens (tertiary/aromatic N) is 1. The van der Waals surface area contributed by atoms with Gasteiger partial charge in [0.15, 0.2) is 11.5 Å². The Morgan fingerprint density at radius 2 is 1.92 bits per heavy atom. The molecule has 0 spiro atoms. The second kappa shape index (κ2) is 6.49. The van der Waals surface area contributed by atoms with Crippen LogP contribution in [0.2, 0.25) is 0 Å². The smallest absolute Gasteiger partial charge is 0.252 e. The molecule has 0 amide bonds. The van der Waals surface area contributed by atoms with Crippen molar-refractivity contribution in [3.63, 3.8) is 0 Å². The number of phenols is 1. The molecule has 1 aromatic carbocycles. The number of quaternary nitrogens is 1. The summed E-state index contributed by atoms with van der Waals surface area (Å²) in [4.78, 5) is 1.23. The summed E-state index contributed by atoms with van der Waals surface area (Å²) in [5.74, 6) is 1.39. The van der Waals surface area contributed by atoms with Gasteiger partial charge in [-0.15, -0.1) is 11.3 Å². The Balaban J connectivity index is 1.41. The third kappa shape index (κ3) is 3.20. The lowest BCUT2D eigenvalue weighted by Gasteiger charge is -2.31. The van der Waals surface area contributed by atoms with E-state index >= 15 is 0 Å². The Bertz CT molecular complexity index is 859. The van der Waals surface area contributed by atoms with Crippen molar-refractivity contribution in [1.29, 1.82) is 0 Å². The molecular formula is C16H19N2O5S2+. The lowest BCUT2D eigenvalue weighted by atomic mass is 10.1. The van der Waals surface area contributed by atoms with Crippen molar-refractivity contribution in [3.8, 4) is 17.2 Å². The molecule has 2 aliphatic rings. The number of hydrogen-bond acceptors (Lipinski definition) is 6. The number of rotatable bonds is 4. The number of nitrogens with one attached hydrogen (secondary N) is 1. The highest BCUT2D eigenvalue weighted by atomic mass is 32.2. The summed E-state index contributed by atoms with van der Waals surface area (Å²) in [5.41, 5.74) is 0.786. The first-order chi connectivity index (χ1) is 12.0. The van der Waals surface area contributed by atoms with Gasteiger partial charge in [-0.1, -0.05) is 6.07 Å². The van der Waals surface area contributed by atoms with Crippen molar-refractivity contribution in [1.82, 2.24) is 4.31 Å². The van der Waals surface area contributed by atoms with Crippen LogP contribution in [0.4, 0.5) is 0 Å². The molecular weight excluding hydrogens is 364 g/mol. The molecule has 25 heavy (non-hydrogen) atoms. The second-order valence-electron chi connectivity index (χ2n) is 6.10. The van der Waals surface area contributed by atoms with E-state index in [1.807, 2.05) is 0 Å². The maximum atomic E-state index is 12.6. The van der Waals surface area contributed by atoms with Crippen molar-refractivity contribution in [2.24, 2.45) is 0 Å². The van der Waals surface area contributed by atoms with Crippen LogP contribution in [0.3, 0.4) is 0 Å². The van der Waals surface area contributed by atoms with Crippen LogP contribution in [0.1, 0.15) is 5.56 Å². The summed E-state index contributed by atoms with van der Waals surface area (Å²) < 4.78 is 37.6. The van der Waals surface area contributed by atoms with Crippen molar-refractivity contribution >= 4 is 21.4 Å². The Kier molecular flexibility index (Phi) is 4.32. The molecule has 1 fully saturated rings. The fourth-order valence-corrected chi connectivity index (χ4v) is 5.73. The minimum absolute atomic E-state index is 0.171. The molecule has 0 bridgehead atoms. The number of fused-ring (bicyclic) bond motifs is 1. The number of piperazine rings is 1. The molecule has 0 radical (unpaired) electrons. The second-order valence-corrected chi connectivity index (χ2v) is 9.21. The molecule has 1 aromatic heterocycles. The first-order valence-electron chi connectivity index (χ1n) is 8.03. The van der Waals surface area contributed by atoms with Crippen LogP contribution in [-0.2, 0) is 16.6 Å². The third-order valence-corrected chi connectivity index (χ3v) is 7.80. The van der Waals surface area contributed by atoms with Gasteiger partial charge in [-0.05, 0) is 17.5 Å². The Hall–Kier alpha value is -1.81. The number of hydrogen-bond donors (Lipinski definition) is 2. The maximum absolute atomic E-state index is 12.6. The molecule has 4 rings (SSSR count). The van der Waals surface area contributed by atoms with E-state index < -0.39 is 10.0 Å². The molecule has 2 aromatic rings. The van der Waals surface area contributed by atoms with E-state index in [4.69, 9.17) is 9.47 Å². The van der Waals surface area contributed by atoms with E-state index in [2.05, 4.69) is 0 Å². The maximum Gasteiger partial charge on any atom is 0.252 e. The predicted octanol–water partition coefficient (Wildman–Crippen LogP) is 0.272. The highest BCUT2D eigenvalue weighted by Crippen LogP contribution is 2.37. The van der Waals surface area contributed by atoms with Gasteiger partial charge >= 0.3 is 0 Å². The van der Waals surface area contributed by atoms with Crippen LogP contribution in [-0.4, -0.2) is 50.8 Å². The number of thiophene rings is 1. The van der Waals surface area contributed by atoms with Crippen molar-refractivity contribution in [3.05, 3.63) is 35.2 Å². The highest BCUT2D eigenvalue weighted by Gasteiger charge is 2.31. The van der Waals surface area contributed by atoms with Gasteiger partial charge in [0.1, 0.15) is 16.5 Å². The molecule has 0 atom stereocenters. The van der Waals surface area contributed by atoms with Crippen LogP contribution in [0.5, 0.6) is 17.2 Å². The summed E-state index contributed by atoms with van der Waals surface area (Å²) in [6.07, 6.45) is 0. The fourth-order valence-electron chi connectivity index (χ4n) is 3.14. The minimum Gasteiger partial charge on any atom is -0.507 e. The molecule has 134 valence electrons. The van der Waals surface area contributed by atoms with Gasteiger partial charge in [-0.3, -0.25) is 0 Å². The zero-order valence-corrected chi connectivity index (χ0v) is 15.1. The molecule has 3 heterocycles. The molecule has 2 aliphatic heterocycles. The SMILES string of the molecule is O=S(=O)(c1cccs1)N1CC[NH+](Cc2cc3c(cc2O)OCO3)CC1. The first kappa shape index (κ1) is 16.6. The average Bonchev–Trinajstić information content (AvgIpc) is 3.27. The number of sulfonamides is 1. The number of phenolic OH excluding ortho intramolecular Hbond substituents is 1. The molecule has 0 saturated carbocycles. The molecule has 0 aliphatic carbocycles. The first-order valence-corrected chi connectivity index (χ1v) is 10.3. The van der Waals surface area contributed by atoms with E-state index in [1.54, 1.807) is 34.0 Å². The largest absolute Gasteiger partial charge is 0.507 e. The summed E-state index contributed by atoms with van der Waals surface area (Å²) >= 11 is 1.25. The fraction of sp³-hybridized carbons (Fsp3) is 0.375. The lowest BCUT2D eigenvalue weighted by molar-refractivity contribution is -0.917. The summed E-state index contributed by atoms with van der Waals surface area (Å²) in [5, 5.41) is 11.9. The molecule has 7 nitrogen and oxygen atoms in total. The van der Waals surface area contributed by atoms with Crippen LogP contribution in [0.15, 0.2) is 33.9 Å². The van der Waals surface area contributed by atoms with Gasteiger partial charge in [-0.25, -0.2) is 8.42 Å². The van der Waals surface area contributed by atoms with Gasteiger partial charge < -0.3 is 19.5 Å². The van der Waals surface area contributed by atoms with Gasteiger partial charge in [0.25, 0.3) is 10.0 Å². The monoisotopic (exact) mass is 383 g/mol. The predicted molar refractivity (Wildman–Crippen MR) is 91.7 cm³/mol.